The third-order valence-corrected chi connectivity index (χ3v) is 13.3. The van der Waals surface area contributed by atoms with Gasteiger partial charge < -0.3 is 5.11 Å². The number of imide groups is 2. The fourth-order valence-electron chi connectivity index (χ4n) is 10.8. The van der Waals surface area contributed by atoms with E-state index in [-0.39, 0.29) is 47.4 Å². The van der Waals surface area contributed by atoms with Crippen LogP contribution in [0.15, 0.2) is 96.6 Å². The Morgan fingerprint density at radius 2 is 1.04 bits per heavy atom. The molecule has 9 rings (SSSR count). The molecular formula is C44H48N4O5. The second-order valence-electron chi connectivity index (χ2n) is 16.2. The molecule has 1 N–H and O–H groups in total. The lowest BCUT2D eigenvalue weighted by Crippen LogP contribution is -2.48. The molecule has 4 aliphatic heterocycles. The van der Waals surface area contributed by atoms with Crippen LogP contribution in [0.4, 0.5) is 0 Å². The van der Waals surface area contributed by atoms with E-state index in [0.717, 1.165) is 57.7 Å². The molecule has 3 aromatic rings. The molecule has 0 radical (unpaired) electrons. The minimum absolute atomic E-state index is 0.0873. The quantitative estimate of drug-likeness (QED) is 0.260. The van der Waals surface area contributed by atoms with Crippen molar-refractivity contribution in [2.45, 2.75) is 69.6 Å². The van der Waals surface area contributed by atoms with Gasteiger partial charge in [-0.05, 0) is 61.6 Å². The Bertz CT molecular complexity index is 1920. The van der Waals surface area contributed by atoms with Gasteiger partial charge in [0.2, 0.25) is 23.6 Å². The molecule has 9 heteroatoms. The normalized spacial score (nSPS) is 30.0. The average Bonchev–Trinajstić information content (AvgIpc) is 3.59. The molecule has 0 aromatic heterocycles. The number of amides is 4. The van der Waals surface area contributed by atoms with Gasteiger partial charge in [0.15, 0.2) is 0 Å². The zero-order valence-electron chi connectivity index (χ0n) is 30.1. The molecule has 274 valence electrons. The highest BCUT2D eigenvalue weighted by Gasteiger charge is 2.63. The van der Waals surface area contributed by atoms with Gasteiger partial charge >= 0.3 is 0 Å². The molecule has 4 heterocycles. The summed E-state index contributed by atoms with van der Waals surface area (Å²) in [5.74, 6) is -3.57. The van der Waals surface area contributed by atoms with Crippen molar-refractivity contribution < 1.29 is 24.3 Å². The molecule has 1 saturated carbocycles. The van der Waals surface area contributed by atoms with Crippen molar-refractivity contribution in [3.05, 3.63) is 113 Å². The minimum atomic E-state index is -0.644. The summed E-state index contributed by atoms with van der Waals surface area (Å²) in [5, 5.41) is 11.2. The Balaban J connectivity index is 0.957. The lowest BCUT2D eigenvalue weighted by molar-refractivity contribution is -0.146. The van der Waals surface area contributed by atoms with Crippen LogP contribution in [0.5, 0.6) is 5.75 Å². The molecule has 6 unspecified atom stereocenters. The predicted molar refractivity (Wildman–Crippen MR) is 199 cm³/mol. The maximum atomic E-state index is 14.6. The number of piperidine rings is 2. The number of allylic oxidation sites excluding steroid dienone is 2. The van der Waals surface area contributed by atoms with Gasteiger partial charge in [0.25, 0.3) is 0 Å². The fourth-order valence-corrected chi connectivity index (χ4v) is 10.8. The Kier molecular flexibility index (Phi) is 9.03. The van der Waals surface area contributed by atoms with Gasteiger partial charge in [-0.25, -0.2) is 0 Å². The summed E-state index contributed by atoms with van der Waals surface area (Å²) >= 11 is 0. The van der Waals surface area contributed by atoms with Crippen LogP contribution in [-0.4, -0.2) is 86.6 Å². The van der Waals surface area contributed by atoms with Gasteiger partial charge in [0, 0.05) is 62.8 Å². The zero-order valence-corrected chi connectivity index (χ0v) is 30.1. The van der Waals surface area contributed by atoms with E-state index in [4.69, 9.17) is 0 Å². The number of hydrogen-bond acceptors (Lipinski definition) is 7. The van der Waals surface area contributed by atoms with E-state index in [1.54, 1.807) is 21.9 Å². The molecule has 4 saturated heterocycles. The number of nitrogens with zero attached hydrogens (tertiary/aromatic N) is 4. The summed E-state index contributed by atoms with van der Waals surface area (Å²) in [5.41, 5.74) is 4.06. The van der Waals surface area contributed by atoms with Crippen molar-refractivity contribution in [1.82, 2.24) is 19.6 Å². The van der Waals surface area contributed by atoms with E-state index < -0.39 is 29.6 Å². The summed E-state index contributed by atoms with van der Waals surface area (Å²) in [6, 6.07) is 27.5. The van der Waals surface area contributed by atoms with Crippen molar-refractivity contribution in [2.75, 3.05) is 26.2 Å². The van der Waals surface area contributed by atoms with Gasteiger partial charge in [-0.1, -0.05) is 90.5 Å². The standard InChI is InChI=1S/C44H48N4O5/c49-37-14-8-7-13-33(37)38-32-15-16-34-39(43(52)47(41(34)50)30-17-21-45(22-18-30)26-28-9-3-1-4-10-28)35(32)25-36-40(38)44(53)48(42(36)51)31-19-23-46(24-20-31)27-29-11-5-2-6-12-29/h1-15,30-31,34-36,38-40,49H,16-27H2. The molecule has 0 spiro atoms. The monoisotopic (exact) mass is 712 g/mol. The van der Waals surface area contributed by atoms with Crippen molar-refractivity contribution in [3.8, 4) is 5.75 Å². The first-order valence-corrected chi connectivity index (χ1v) is 19.6. The minimum Gasteiger partial charge on any atom is -0.508 e. The first-order chi connectivity index (χ1) is 25.9. The van der Waals surface area contributed by atoms with Crippen LogP contribution in [0.2, 0.25) is 0 Å². The molecular weight excluding hydrogens is 665 g/mol. The van der Waals surface area contributed by atoms with Gasteiger partial charge in [-0.3, -0.25) is 38.8 Å². The zero-order chi connectivity index (χ0) is 36.2. The van der Waals surface area contributed by atoms with E-state index in [0.29, 0.717) is 31.2 Å². The molecule has 2 aliphatic carbocycles. The molecule has 9 nitrogen and oxygen atoms in total. The van der Waals surface area contributed by atoms with Crippen LogP contribution in [0, 0.1) is 29.6 Å². The highest BCUT2D eigenvalue weighted by atomic mass is 16.3. The predicted octanol–water partition coefficient (Wildman–Crippen LogP) is 5.36. The van der Waals surface area contributed by atoms with Crippen LogP contribution in [0.1, 0.15) is 61.1 Å². The number of para-hydroxylation sites is 1. The molecule has 53 heavy (non-hydrogen) atoms. The summed E-state index contributed by atoms with van der Waals surface area (Å²) < 4.78 is 0. The SMILES string of the molecule is O=C1C2CC=C3C(CC4C(=O)N(C5CCN(Cc6ccccc6)CC5)C(=O)C4C3c3ccccc3O)C2C(=O)N1C1CCN(Cc2ccccc2)CC1. The second-order valence-corrected chi connectivity index (χ2v) is 16.2. The highest BCUT2D eigenvalue weighted by molar-refractivity contribution is 6.08. The number of phenolic OH excluding ortho intramolecular Hbond substituents is 1. The number of carbonyl (C=O) groups is 4. The van der Waals surface area contributed by atoms with Gasteiger partial charge in [0.1, 0.15) is 5.75 Å². The maximum absolute atomic E-state index is 14.6. The first-order valence-electron chi connectivity index (χ1n) is 19.6. The highest BCUT2D eigenvalue weighted by Crippen LogP contribution is 2.59. The van der Waals surface area contributed by atoms with E-state index >= 15 is 0 Å². The number of benzene rings is 3. The van der Waals surface area contributed by atoms with Crippen LogP contribution in [0.3, 0.4) is 0 Å². The Hall–Kier alpha value is -4.60. The van der Waals surface area contributed by atoms with Gasteiger partial charge in [0.05, 0.1) is 23.7 Å². The van der Waals surface area contributed by atoms with Crippen LogP contribution in [0.25, 0.3) is 0 Å². The smallest absolute Gasteiger partial charge is 0.234 e. The second kappa shape index (κ2) is 14.0. The number of hydrogen-bond donors (Lipinski definition) is 1. The number of carbonyl (C=O) groups excluding carboxylic acids is 4. The van der Waals surface area contributed by atoms with Crippen molar-refractivity contribution >= 4 is 23.6 Å². The summed E-state index contributed by atoms with van der Waals surface area (Å²) in [6.45, 7) is 4.91. The number of phenols is 1. The van der Waals surface area contributed by atoms with Crippen molar-refractivity contribution in [3.63, 3.8) is 0 Å². The maximum Gasteiger partial charge on any atom is 0.234 e. The molecule has 0 bridgehead atoms. The Morgan fingerprint density at radius 3 is 1.58 bits per heavy atom. The number of aromatic hydroxyl groups is 1. The average molecular weight is 713 g/mol. The Morgan fingerprint density at radius 1 is 0.547 bits per heavy atom. The summed E-state index contributed by atoms with van der Waals surface area (Å²) in [4.78, 5) is 65.7. The molecule has 4 amide bonds. The van der Waals surface area contributed by atoms with Gasteiger partial charge in [-0.2, -0.15) is 0 Å². The summed E-state index contributed by atoms with van der Waals surface area (Å²) in [6.07, 6.45) is 5.80. The van der Waals surface area contributed by atoms with Crippen LogP contribution < -0.4 is 0 Å². The van der Waals surface area contributed by atoms with E-state index in [9.17, 15) is 24.3 Å². The third-order valence-electron chi connectivity index (χ3n) is 13.3. The third kappa shape index (κ3) is 6.02. The van der Waals surface area contributed by atoms with E-state index in [2.05, 4.69) is 40.1 Å². The largest absolute Gasteiger partial charge is 0.508 e. The number of fused-ring (bicyclic) bond motifs is 4. The molecule has 3 aromatic carbocycles. The van der Waals surface area contributed by atoms with Crippen molar-refractivity contribution in [1.29, 1.82) is 0 Å². The molecule has 6 atom stereocenters. The van der Waals surface area contributed by atoms with E-state index in [1.165, 1.54) is 11.1 Å². The first kappa shape index (κ1) is 34.2. The fraction of sp³-hybridized carbons (Fsp3) is 0.455. The molecule has 5 fully saturated rings. The van der Waals surface area contributed by atoms with Gasteiger partial charge in [-0.15, -0.1) is 0 Å². The number of rotatable bonds is 7. The lowest BCUT2D eigenvalue weighted by Gasteiger charge is -2.44. The van der Waals surface area contributed by atoms with E-state index in [1.807, 2.05) is 48.5 Å². The lowest BCUT2D eigenvalue weighted by atomic mass is 9.57. The van der Waals surface area contributed by atoms with Crippen LogP contribution >= 0.6 is 0 Å². The number of likely N-dealkylation sites (tertiary alicyclic amines) is 4. The topological polar surface area (TPSA) is 101 Å². The Labute approximate surface area is 311 Å². The van der Waals surface area contributed by atoms with Crippen LogP contribution in [-0.2, 0) is 32.3 Å². The molecule has 6 aliphatic rings. The summed E-state index contributed by atoms with van der Waals surface area (Å²) in [7, 11) is 0. The van der Waals surface area contributed by atoms with Crippen molar-refractivity contribution in [2.24, 2.45) is 29.6 Å².